The Labute approximate surface area is 183 Å². The lowest BCUT2D eigenvalue weighted by Crippen LogP contribution is -2.41. The van der Waals surface area contributed by atoms with Crippen molar-refractivity contribution in [2.75, 3.05) is 22.4 Å². The molecule has 0 aliphatic heterocycles. The minimum absolute atomic E-state index is 0.120. The minimum atomic E-state index is -4.00. The molecule has 2 aromatic rings. The molecule has 2 rings (SSSR count). The molecular formula is C20H22F3N3O5S. The number of sulfonamides is 1. The summed E-state index contributed by atoms with van der Waals surface area (Å²) in [5, 5.41) is 4.70. The summed E-state index contributed by atoms with van der Waals surface area (Å²) < 4.78 is 71.7. The standard InChI is InChI=1S/C20H22F3N3O5S/c1-20(2,3)25-19(28)31-8-9-32(29,30)26-13-5-6-15(21)14(10-13)18(27)24-12-4-7-16(22)17(23)11-12/h4-7,10-11,26H,8-9H2,1-3H3,(H,24,27)(H,25,28). The van der Waals surface area contributed by atoms with Gasteiger partial charge in [0, 0.05) is 23.0 Å². The van der Waals surface area contributed by atoms with Gasteiger partial charge < -0.3 is 15.4 Å². The lowest BCUT2D eigenvalue weighted by Gasteiger charge is -2.19. The Morgan fingerprint density at radius 2 is 1.56 bits per heavy atom. The number of hydrogen-bond acceptors (Lipinski definition) is 5. The SMILES string of the molecule is CC(C)(C)NC(=O)OCCS(=O)(=O)Nc1ccc(F)c(C(=O)Nc2ccc(F)c(F)c2)c1. The van der Waals surface area contributed by atoms with E-state index in [1.165, 1.54) is 0 Å². The number of carbonyl (C=O) groups is 2. The monoisotopic (exact) mass is 473 g/mol. The van der Waals surface area contributed by atoms with E-state index in [2.05, 4.69) is 15.4 Å². The number of ether oxygens (including phenoxy) is 1. The molecular weight excluding hydrogens is 451 g/mol. The van der Waals surface area contributed by atoms with Gasteiger partial charge >= 0.3 is 6.09 Å². The van der Waals surface area contributed by atoms with Gasteiger partial charge in [0.15, 0.2) is 11.6 Å². The van der Waals surface area contributed by atoms with E-state index < -0.39 is 62.9 Å². The smallest absolute Gasteiger partial charge is 0.407 e. The third-order valence-corrected chi connectivity index (χ3v) is 4.97. The fraction of sp³-hybridized carbons (Fsp3) is 0.300. The molecule has 8 nitrogen and oxygen atoms in total. The molecule has 0 saturated carbocycles. The van der Waals surface area contributed by atoms with Crippen LogP contribution in [0.15, 0.2) is 36.4 Å². The van der Waals surface area contributed by atoms with Gasteiger partial charge in [-0.3, -0.25) is 9.52 Å². The second-order valence-corrected chi connectivity index (χ2v) is 9.55. The predicted molar refractivity (Wildman–Crippen MR) is 112 cm³/mol. The summed E-state index contributed by atoms with van der Waals surface area (Å²) in [5.74, 6) is -4.88. The maximum absolute atomic E-state index is 14.1. The van der Waals surface area contributed by atoms with Crippen LogP contribution < -0.4 is 15.4 Å². The first-order valence-electron chi connectivity index (χ1n) is 9.27. The highest BCUT2D eigenvalue weighted by Crippen LogP contribution is 2.19. The lowest BCUT2D eigenvalue weighted by atomic mass is 10.1. The van der Waals surface area contributed by atoms with Crippen molar-refractivity contribution in [3.8, 4) is 0 Å². The molecule has 0 fully saturated rings. The molecule has 32 heavy (non-hydrogen) atoms. The molecule has 0 heterocycles. The molecule has 174 valence electrons. The summed E-state index contributed by atoms with van der Waals surface area (Å²) in [4.78, 5) is 23.9. The average Bonchev–Trinajstić information content (AvgIpc) is 2.64. The van der Waals surface area contributed by atoms with E-state index in [4.69, 9.17) is 4.74 Å². The summed E-state index contributed by atoms with van der Waals surface area (Å²) in [6.45, 7) is 4.73. The number of rotatable bonds is 7. The van der Waals surface area contributed by atoms with Gasteiger partial charge in [-0.15, -0.1) is 0 Å². The number of hydrogen-bond donors (Lipinski definition) is 3. The summed E-state index contributed by atoms with van der Waals surface area (Å²) in [6.07, 6.45) is -0.786. The molecule has 0 aliphatic rings. The first-order chi connectivity index (χ1) is 14.8. The number of nitrogens with one attached hydrogen (secondary N) is 3. The highest BCUT2D eigenvalue weighted by atomic mass is 32.2. The Balaban J connectivity index is 2.03. The van der Waals surface area contributed by atoms with Crippen molar-refractivity contribution in [2.24, 2.45) is 0 Å². The van der Waals surface area contributed by atoms with Crippen LogP contribution in [0.5, 0.6) is 0 Å². The first-order valence-corrected chi connectivity index (χ1v) is 10.9. The van der Waals surface area contributed by atoms with E-state index in [0.717, 1.165) is 30.3 Å². The summed E-state index contributed by atoms with van der Waals surface area (Å²) in [7, 11) is -4.00. The molecule has 0 aromatic heterocycles. The van der Waals surface area contributed by atoms with Gasteiger partial charge in [0.2, 0.25) is 10.0 Å². The lowest BCUT2D eigenvalue weighted by molar-refractivity contribution is 0.102. The first kappa shape index (κ1) is 25.0. The largest absolute Gasteiger partial charge is 0.448 e. The molecule has 2 aromatic carbocycles. The number of amides is 2. The zero-order valence-corrected chi connectivity index (χ0v) is 18.3. The predicted octanol–water partition coefficient (Wildman–Crippen LogP) is 3.62. The van der Waals surface area contributed by atoms with Crippen LogP contribution in [0.3, 0.4) is 0 Å². The van der Waals surface area contributed by atoms with Crippen molar-refractivity contribution >= 4 is 33.4 Å². The number of anilines is 2. The van der Waals surface area contributed by atoms with E-state index in [1.807, 2.05) is 0 Å². The normalized spacial score (nSPS) is 11.6. The third kappa shape index (κ3) is 7.76. The van der Waals surface area contributed by atoms with Gasteiger partial charge in [0.1, 0.15) is 18.2 Å². The maximum Gasteiger partial charge on any atom is 0.407 e. The van der Waals surface area contributed by atoms with Gasteiger partial charge in [-0.2, -0.15) is 0 Å². The van der Waals surface area contributed by atoms with Crippen LogP contribution in [0.4, 0.5) is 29.3 Å². The Hall–Kier alpha value is -3.28. The minimum Gasteiger partial charge on any atom is -0.448 e. The molecule has 0 bridgehead atoms. The molecule has 0 saturated heterocycles. The molecule has 12 heteroatoms. The van der Waals surface area contributed by atoms with Crippen LogP contribution in [-0.2, 0) is 14.8 Å². The van der Waals surface area contributed by atoms with Gasteiger partial charge in [-0.05, 0) is 51.1 Å². The van der Waals surface area contributed by atoms with E-state index >= 15 is 0 Å². The maximum atomic E-state index is 14.1. The van der Waals surface area contributed by atoms with Crippen LogP contribution in [0, 0.1) is 17.5 Å². The zero-order valence-electron chi connectivity index (χ0n) is 17.5. The Morgan fingerprint density at radius 1 is 0.938 bits per heavy atom. The Bertz CT molecular complexity index is 1120. The Kier molecular flexibility index (Phi) is 7.73. The summed E-state index contributed by atoms with van der Waals surface area (Å²) in [6, 6.07) is 5.48. The third-order valence-electron chi connectivity index (χ3n) is 3.72. The summed E-state index contributed by atoms with van der Waals surface area (Å²) >= 11 is 0. The van der Waals surface area contributed by atoms with E-state index in [1.54, 1.807) is 20.8 Å². The van der Waals surface area contributed by atoms with E-state index in [-0.39, 0.29) is 11.4 Å². The van der Waals surface area contributed by atoms with Crippen LogP contribution in [0.25, 0.3) is 0 Å². The van der Waals surface area contributed by atoms with Crippen molar-refractivity contribution in [3.63, 3.8) is 0 Å². The van der Waals surface area contributed by atoms with Gasteiger partial charge in [-0.25, -0.2) is 26.4 Å². The van der Waals surface area contributed by atoms with Crippen molar-refractivity contribution in [1.29, 1.82) is 0 Å². The average molecular weight is 473 g/mol. The molecule has 0 aliphatic carbocycles. The summed E-state index contributed by atoms with van der Waals surface area (Å²) in [5.41, 5.74) is -1.33. The number of benzene rings is 2. The topological polar surface area (TPSA) is 114 Å². The molecule has 3 N–H and O–H groups in total. The fourth-order valence-corrected chi connectivity index (χ4v) is 3.24. The molecule has 0 atom stereocenters. The van der Waals surface area contributed by atoms with Crippen LogP contribution >= 0.6 is 0 Å². The second kappa shape index (κ2) is 9.90. The van der Waals surface area contributed by atoms with Gasteiger partial charge in [0.05, 0.1) is 5.56 Å². The van der Waals surface area contributed by atoms with Crippen molar-refractivity contribution in [1.82, 2.24) is 5.32 Å². The second-order valence-electron chi connectivity index (χ2n) is 7.71. The van der Waals surface area contributed by atoms with Crippen LogP contribution in [-0.4, -0.2) is 38.3 Å². The highest BCUT2D eigenvalue weighted by Gasteiger charge is 2.19. The number of halogens is 3. The quantitative estimate of drug-likeness (QED) is 0.569. The van der Waals surface area contributed by atoms with Crippen LogP contribution in [0.1, 0.15) is 31.1 Å². The highest BCUT2D eigenvalue weighted by molar-refractivity contribution is 7.92. The molecule has 0 radical (unpaired) electrons. The molecule has 2 amide bonds. The fourth-order valence-electron chi connectivity index (χ4n) is 2.35. The Morgan fingerprint density at radius 3 is 2.19 bits per heavy atom. The zero-order chi connectivity index (χ0) is 24.1. The van der Waals surface area contributed by atoms with Crippen molar-refractivity contribution in [3.05, 3.63) is 59.4 Å². The van der Waals surface area contributed by atoms with E-state index in [0.29, 0.717) is 6.07 Å². The molecule has 0 spiro atoms. The number of carbonyl (C=O) groups excluding carboxylic acids is 2. The van der Waals surface area contributed by atoms with Gasteiger partial charge in [0.25, 0.3) is 5.91 Å². The number of alkyl carbamates (subject to hydrolysis) is 1. The molecule has 0 unspecified atom stereocenters. The van der Waals surface area contributed by atoms with E-state index in [9.17, 15) is 31.2 Å². The van der Waals surface area contributed by atoms with Crippen LogP contribution in [0.2, 0.25) is 0 Å². The van der Waals surface area contributed by atoms with Gasteiger partial charge in [-0.1, -0.05) is 0 Å². The van der Waals surface area contributed by atoms with Crippen molar-refractivity contribution < 1.29 is 35.9 Å². The van der Waals surface area contributed by atoms with Crippen molar-refractivity contribution in [2.45, 2.75) is 26.3 Å².